The van der Waals surface area contributed by atoms with Crippen LogP contribution in [0.2, 0.25) is 0 Å². The molecule has 1 aliphatic heterocycles. The lowest BCUT2D eigenvalue weighted by atomic mass is 10.0. The number of aromatic amines is 2. The first-order valence-corrected chi connectivity index (χ1v) is 26.1. The number of para-hydroxylation sites is 1. The highest BCUT2D eigenvalue weighted by atomic mass is 32.2. The number of H-pyrrole nitrogens is 2. The number of aliphatic imine (C=N–C) groups is 1. The van der Waals surface area contributed by atoms with E-state index >= 15 is 0 Å². The van der Waals surface area contributed by atoms with E-state index in [0.29, 0.717) is 28.3 Å². The first-order valence-electron chi connectivity index (χ1n) is 25.1. The van der Waals surface area contributed by atoms with Crippen LogP contribution in [0.1, 0.15) is 62.8 Å². The summed E-state index contributed by atoms with van der Waals surface area (Å²) in [7, 11) is 0. The number of nitrogens with zero attached hydrogens (tertiary/aromatic N) is 3. The zero-order valence-electron chi connectivity index (χ0n) is 42.0. The van der Waals surface area contributed by atoms with Crippen molar-refractivity contribution >= 4 is 80.7 Å². The summed E-state index contributed by atoms with van der Waals surface area (Å²) in [6, 6.07) is 16.0. The van der Waals surface area contributed by atoms with Gasteiger partial charge in [-0.2, -0.15) is 0 Å². The lowest BCUT2D eigenvalue weighted by Crippen LogP contribution is -2.60. The molecule has 14 N–H and O–H groups in total. The van der Waals surface area contributed by atoms with Gasteiger partial charge in [-0.05, 0) is 36.5 Å². The number of fused-ring (bicyclic) bond motifs is 4. The number of hydrogen-bond donors (Lipinski definition) is 11. The third kappa shape index (κ3) is 15.0. The number of guanidine groups is 1. The molecule has 6 aromatic rings. The maximum absolute atomic E-state index is 14.9. The minimum absolute atomic E-state index is 0.0153. The Hall–Kier alpha value is -8.14. The topological polar surface area (TPSA) is 331 Å². The molecule has 3 aromatic heterocycles. The normalized spacial score (nSPS) is 20.8. The van der Waals surface area contributed by atoms with Gasteiger partial charge >= 0.3 is 0 Å². The molecule has 0 spiro atoms. The second kappa shape index (κ2) is 26.2. The number of benzene rings is 3. The largest absolute Gasteiger partial charge is 0.370 e. The van der Waals surface area contributed by atoms with Crippen LogP contribution in [0.4, 0.5) is 0 Å². The third-order valence-corrected chi connectivity index (χ3v) is 14.3. The molecule has 0 saturated heterocycles. The summed E-state index contributed by atoms with van der Waals surface area (Å²) in [6.07, 6.45) is 8.71. The number of amides is 7. The molecule has 7 atom stereocenters. The summed E-state index contributed by atoms with van der Waals surface area (Å²) in [5.74, 6) is -5.62. The Morgan fingerprint density at radius 3 is 2.11 bits per heavy atom. The van der Waals surface area contributed by atoms with Gasteiger partial charge in [0.25, 0.3) is 0 Å². The minimum atomic E-state index is -1.33. The van der Waals surface area contributed by atoms with Gasteiger partial charge in [-0.15, -0.1) is 11.8 Å². The van der Waals surface area contributed by atoms with Crippen molar-refractivity contribution in [3.05, 3.63) is 121 Å². The number of nitrogens with one attached hydrogen (secondary N) is 8. The van der Waals surface area contributed by atoms with Gasteiger partial charge < -0.3 is 63.6 Å². The lowest BCUT2D eigenvalue weighted by molar-refractivity contribution is -0.135. The van der Waals surface area contributed by atoms with Crippen molar-refractivity contribution in [1.29, 1.82) is 0 Å². The van der Waals surface area contributed by atoms with Crippen LogP contribution in [-0.4, -0.2) is 115 Å². The smallest absolute Gasteiger partial charge is 0.245 e. The van der Waals surface area contributed by atoms with Gasteiger partial charge in [0.15, 0.2) is 5.96 Å². The third-order valence-electron chi connectivity index (χ3n) is 13.1. The summed E-state index contributed by atoms with van der Waals surface area (Å²) in [4.78, 5) is 116. The molecule has 7 rings (SSSR count). The number of thioether (sulfide) groups is 1. The monoisotopic (exact) mass is 1040 g/mol. The summed E-state index contributed by atoms with van der Waals surface area (Å²) >= 11 is 1.20. The van der Waals surface area contributed by atoms with Crippen molar-refractivity contribution in [1.82, 2.24) is 51.4 Å². The maximum Gasteiger partial charge on any atom is 0.245 e. The molecule has 3 aromatic carbocycles. The Labute approximate surface area is 438 Å². The molecule has 1 aliphatic rings. The number of unbranched alkanes of at least 4 members (excludes halogenated alkanes) is 1. The molecule has 0 bridgehead atoms. The van der Waals surface area contributed by atoms with Crippen molar-refractivity contribution in [3.63, 3.8) is 0 Å². The van der Waals surface area contributed by atoms with Crippen LogP contribution in [0.5, 0.6) is 0 Å². The molecule has 21 nitrogen and oxygen atoms in total. The standard InChI is InChI=1S/C53H66N14O7S/c1-3-4-13-31(2)46(69)65-43-28-67-27-33-16-8-9-18-37(33)52(67)75-29-44(45(54)68)66-49(72)41(23-34-25-59-38-19-11-10-17-36(34)38)63-47(70)39(20-12-21-58-53(55)56)61-48(71)40(22-32-14-6-5-7-15-32)62-50(73)42(64-51(43)74)24-35-26-57-30-60-35/h5-11,14-19,25-27,30-31,39-44,59H,3-4,12-13,20-24,28-29H2,1-2H3,(H2,54,68)(H,57,60)(H,61,71)(H,62,73)(H,63,70)(H,64,74)(H,65,69)(H,66,72)(H4,55,56,58)/t31-,39-,40+,41-,42-,43-,44-/m0/s1. The van der Waals surface area contributed by atoms with E-state index in [9.17, 15) is 33.6 Å². The summed E-state index contributed by atoms with van der Waals surface area (Å²) in [6.45, 7) is 3.78. The minimum Gasteiger partial charge on any atom is -0.370 e. The quantitative estimate of drug-likeness (QED) is 0.0378. The number of carbonyl (C=O) groups is 7. The summed E-state index contributed by atoms with van der Waals surface area (Å²) < 4.78 is 1.79. The van der Waals surface area contributed by atoms with Crippen molar-refractivity contribution in [3.8, 4) is 0 Å². The fourth-order valence-corrected chi connectivity index (χ4v) is 10.1. The van der Waals surface area contributed by atoms with Gasteiger partial charge in [-0.1, -0.05) is 99.5 Å². The van der Waals surface area contributed by atoms with Crippen LogP contribution in [0.15, 0.2) is 114 Å². The van der Waals surface area contributed by atoms with Crippen LogP contribution in [-0.2, 0) is 59.4 Å². The van der Waals surface area contributed by atoms with Gasteiger partial charge in [0, 0.05) is 83.4 Å². The van der Waals surface area contributed by atoms with E-state index in [-0.39, 0.29) is 62.8 Å². The highest BCUT2D eigenvalue weighted by Crippen LogP contribution is 2.31. The second-order valence-electron chi connectivity index (χ2n) is 18.8. The van der Waals surface area contributed by atoms with Crippen molar-refractivity contribution in [2.24, 2.45) is 28.1 Å². The van der Waals surface area contributed by atoms with Gasteiger partial charge in [-0.25, -0.2) is 4.98 Å². The van der Waals surface area contributed by atoms with Crippen LogP contribution in [0.3, 0.4) is 0 Å². The molecule has 0 radical (unpaired) electrons. The van der Waals surface area contributed by atoms with Crippen LogP contribution in [0.25, 0.3) is 21.7 Å². The lowest BCUT2D eigenvalue weighted by Gasteiger charge is -2.28. The van der Waals surface area contributed by atoms with E-state index in [0.717, 1.165) is 34.5 Å². The fourth-order valence-electron chi connectivity index (χ4n) is 8.93. The van der Waals surface area contributed by atoms with Crippen molar-refractivity contribution < 1.29 is 33.6 Å². The SMILES string of the molecule is CCCC[C@H](C)C(=O)N[C@H]1Cn2cc3ccccc3c2SC[C@@H](C(N)=O)NC(=O)[C@H](Cc2c[nH]c3ccccc23)NC(=O)[C@H](CCCN=C(N)N)NC(=O)[C@@H](Cc2ccccc2)NC(=O)[C@H](Cc2cnc[nH]2)NC1=O. The van der Waals surface area contributed by atoms with Gasteiger partial charge in [-0.3, -0.25) is 38.6 Å². The van der Waals surface area contributed by atoms with E-state index in [4.69, 9.17) is 17.2 Å². The van der Waals surface area contributed by atoms with Crippen molar-refractivity contribution in [2.75, 3.05) is 12.3 Å². The predicted molar refractivity (Wildman–Crippen MR) is 286 cm³/mol. The van der Waals surface area contributed by atoms with Crippen LogP contribution < -0.4 is 49.1 Å². The van der Waals surface area contributed by atoms with E-state index in [2.05, 4.69) is 51.8 Å². The Morgan fingerprint density at radius 1 is 0.760 bits per heavy atom. The summed E-state index contributed by atoms with van der Waals surface area (Å²) in [5.41, 5.74) is 19.9. The highest BCUT2D eigenvalue weighted by Gasteiger charge is 2.35. The highest BCUT2D eigenvalue weighted by molar-refractivity contribution is 7.99. The van der Waals surface area contributed by atoms with Gasteiger partial charge in [0.1, 0.15) is 36.3 Å². The molecule has 22 heteroatoms. The number of carbonyl (C=O) groups excluding carboxylic acids is 7. The molecule has 0 fully saturated rings. The van der Waals surface area contributed by atoms with E-state index in [1.807, 2.05) is 61.7 Å². The molecule has 0 saturated carbocycles. The zero-order chi connectivity index (χ0) is 53.4. The number of imidazole rings is 1. The number of hydrogen-bond acceptors (Lipinski definition) is 10. The number of nitrogens with two attached hydrogens (primary N) is 3. The van der Waals surface area contributed by atoms with E-state index in [1.165, 1.54) is 24.3 Å². The first-order chi connectivity index (χ1) is 36.2. The van der Waals surface area contributed by atoms with Gasteiger partial charge in [0.2, 0.25) is 41.4 Å². The van der Waals surface area contributed by atoms with Gasteiger partial charge in [0.05, 0.1) is 17.9 Å². The predicted octanol–water partition coefficient (Wildman–Crippen LogP) is 1.95. The Kier molecular flexibility index (Phi) is 19.1. The van der Waals surface area contributed by atoms with Crippen LogP contribution >= 0.6 is 11.8 Å². The Bertz CT molecular complexity index is 2970. The average Bonchev–Trinajstić information content (AvgIpc) is 4.16. The molecular weight excluding hydrogens is 977 g/mol. The Morgan fingerprint density at radius 2 is 1.40 bits per heavy atom. The first kappa shape index (κ1) is 54.6. The summed E-state index contributed by atoms with van der Waals surface area (Å²) in [5, 5.41) is 20.1. The molecule has 0 unspecified atom stereocenters. The molecule has 0 aliphatic carbocycles. The number of aromatic nitrogens is 4. The number of rotatable bonds is 16. The Balaban J connectivity index is 1.33. The molecule has 75 heavy (non-hydrogen) atoms. The van der Waals surface area contributed by atoms with E-state index < -0.39 is 77.6 Å². The second-order valence-corrected chi connectivity index (χ2v) is 19.8. The molecular formula is C53H66N14O7S. The molecule has 396 valence electrons. The molecule has 4 heterocycles. The fraction of sp³-hybridized carbons (Fsp3) is 0.377. The van der Waals surface area contributed by atoms with Crippen molar-refractivity contribution in [2.45, 2.75) is 113 Å². The van der Waals surface area contributed by atoms with Crippen LogP contribution in [0, 0.1) is 5.92 Å². The number of primary amides is 1. The average molecular weight is 1040 g/mol. The van der Waals surface area contributed by atoms with E-state index in [1.54, 1.807) is 48.0 Å². The maximum atomic E-state index is 14.9. The zero-order valence-corrected chi connectivity index (χ0v) is 42.8. The molecule has 7 amide bonds.